The summed E-state index contributed by atoms with van der Waals surface area (Å²) in [4.78, 5) is 7.71. The molecule has 0 saturated carbocycles. The van der Waals surface area contributed by atoms with Crippen LogP contribution in [0.25, 0.3) is 0 Å². The smallest absolute Gasteiger partial charge is 0.352 e. The molecule has 0 radical (unpaired) electrons. The van der Waals surface area contributed by atoms with Crippen LogP contribution >= 0.6 is 35.3 Å². The van der Waals surface area contributed by atoms with Gasteiger partial charge in [-0.1, -0.05) is 24.3 Å². The third-order valence-corrected chi connectivity index (χ3v) is 4.78. The molecule has 0 aliphatic heterocycles. The van der Waals surface area contributed by atoms with Gasteiger partial charge in [0.05, 0.1) is 13.1 Å². The average Bonchev–Trinajstić information content (AvgIpc) is 3.34. The van der Waals surface area contributed by atoms with Crippen LogP contribution in [0.2, 0.25) is 0 Å². The Hall–Kier alpha value is -2.15. The summed E-state index contributed by atoms with van der Waals surface area (Å²) in [6, 6.07) is 9.83. The van der Waals surface area contributed by atoms with E-state index in [1.54, 1.807) is 13.2 Å². The molecule has 0 bridgehead atoms. The van der Waals surface area contributed by atoms with Crippen LogP contribution in [0.1, 0.15) is 21.8 Å². The van der Waals surface area contributed by atoms with Crippen LogP contribution in [-0.4, -0.2) is 27.8 Å². The maximum Gasteiger partial charge on any atom is 0.434 e. The fraction of sp³-hybridized carbons (Fsp3) is 0.278. The standard InChI is InChI=1S/C18H19F3N6S.HI/c1-22-17(24-10-16-26-15(12-28-16)18(19,20)21)23-9-13-5-2-3-6-14(13)11-27-8-4-7-25-27;/h2-8,12H,9-11H2,1H3,(H2,22,23,24);1H. The second-order valence-electron chi connectivity index (χ2n) is 5.88. The van der Waals surface area contributed by atoms with Gasteiger partial charge in [0.1, 0.15) is 5.01 Å². The number of hydrogen-bond donors (Lipinski definition) is 2. The summed E-state index contributed by atoms with van der Waals surface area (Å²) < 4.78 is 39.7. The van der Waals surface area contributed by atoms with Gasteiger partial charge in [-0.2, -0.15) is 18.3 Å². The monoisotopic (exact) mass is 536 g/mol. The number of benzene rings is 1. The molecule has 11 heteroatoms. The fourth-order valence-corrected chi connectivity index (χ4v) is 3.27. The van der Waals surface area contributed by atoms with E-state index < -0.39 is 11.9 Å². The molecule has 2 heterocycles. The largest absolute Gasteiger partial charge is 0.434 e. The number of alkyl halides is 3. The summed E-state index contributed by atoms with van der Waals surface area (Å²) in [6.45, 7) is 1.33. The van der Waals surface area contributed by atoms with E-state index >= 15 is 0 Å². The van der Waals surface area contributed by atoms with Gasteiger partial charge in [0.2, 0.25) is 0 Å². The topological polar surface area (TPSA) is 67.1 Å². The van der Waals surface area contributed by atoms with Crippen molar-refractivity contribution in [1.29, 1.82) is 0 Å². The lowest BCUT2D eigenvalue weighted by molar-refractivity contribution is -0.140. The zero-order valence-corrected chi connectivity index (χ0v) is 18.6. The predicted molar refractivity (Wildman–Crippen MR) is 117 cm³/mol. The highest BCUT2D eigenvalue weighted by Gasteiger charge is 2.33. The minimum absolute atomic E-state index is 0. The number of nitrogens with zero attached hydrogens (tertiary/aromatic N) is 4. The predicted octanol–water partition coefficient (Wildman–Crippen LogP) is 3.89. The van der Waals surface area contributed by atoms with E-state index in [0.717, 1.165) is 27.8 Å². The molecule has 2 aromatic heterocycles. The maximum atomic E-state index is 12.6. The highest BCUT2D eigenvalue weighted by atomic mass is 127. The number of rotatable bonds is 6. The lowest BCUT2D eigenvalue weighted by Gasteiger charge is -2.14. The van der Waals surface area contributed by atoms with Gasteiger partial charge < -0.3 is 10.6 Å². The van der Waals surface area contributed by atoms with Gasteiger partial charge >= 0.3 is 6.18 Å². The maximum absolute atomic E-state index is 12.6. The molecule has 0 aliphatic rings. The van der Waals surface area contributed by atoms with Gasteiger partial charge in [-0.25, -0.2) is 4.98 Å². The van der Waals surface area contributed by atoms with Crippen molar-refractivity contribution >= 4 is 41.3 Å². The lowest BCUT2D eigenvalue weighted by Crippen LogP contribution is -2.36. The molecule has 0 aliphatic carbocycles. The van der Waals surface area contributed by atoms with E-state index in [1.165, 1.54) is 0 Å². The Kier molecular flexibility index (Phi) is 8.44. The molecule has 0 unspecified atom stereocenters. The fourth-order valence-electron chi connectivity index (χ4n) is 2.53. The molecule has 0 spiro atoms. The number of aromatic nitrogens is 3. The SMILES string of the molecule is CN=C(NCc1nc(C(F)(F)F)cs1)NCc1ccccc1Cn1cccn1.I. The lowest BCUT2D eigenvalue weighted by atomic mass is 10.1. The van der Waals surface area contributed by atoms with Crippen LogP contribution in [0.3, 0.4) is 0 Å². The van der Waals surface area contributed by atoms with Crippen molar-refractivity contribution in [2.24, 2.45) is 4.99 Å². The zero-order chi connectivity index (χ0) is 20.0. The Morgan fingerprint density at radius 2 is 1.86 bits per heavy atom. The Balaban J connectivity index is 0.00000300. The summed E-state index contributed by atoms with van der Waals surface area (Å²) in [6.07, 6.45) is -0.795. The first-order valence-corrected chi connectivity index (χ1v) is 9.34. The third-order valence-electron chi connectivity index (χ3n) is 3.93. The number of thiazole rings is 1. The van der Waals surface area contributed by atoms with E-state index in [0.29, 0.717) is 24.1 Å². The molecular weight excluding hydrogens is 516 g/mol. The summed E-state index contributed by atoms with van der Waals surface area (Å²) in [7, 11) is 1.61. The number of halogens is 4. The van der Waals surface area contributed by atoms with Crippen molar-refractivity contribution in [2.45, 2.75) is 25.8 Å². The van der Waals surface area contributed by atoms with Crippen LogP contribution in [0.4, 0.5) is 13.2 Å². The molecule has 29 heavy (non-hydrogen) atoms. The van der Waals surface area contributed by atoms with Crippen molar-refractivity contribution in [2.75, 3.05) is 7.05 Å². The Morgan fingerprint density at radius 3 is 2.48 bits per heavy atom. The van der Waals surface area contributed by atoms with Crippen molar-refractivity contribution in [1.82, 2.24) is 25.4 Å². The Morgan fingerprint density at radius 1 is 1.14 bits per heavy atom. The first kappa shape index (κ1) is 23.1. The molecule has 1 aromatic carbocycles. The average molecular weight is 536 g/mol. The minimum atomic E-state index is -4.42. The second kappa shape index (κ2) is 10.6. The van der Waals surface area contributed by atoms with Gasteiger partial charge in [-0.3, -0.25) is 9.67 Å². The van der Waals surface area contributed by atoms with Gasteiger partial charge in [0.15, 0.2) is 11.7 Å². The van der Waals surface area contributed by atoms with Crippen LogP contribution in [0.15, 0.2) is 53.1 Å². The van der Waals surface area contributed by atoms with E-state index in [1.807, 2.05) is 41.2 Å². The highest BCUT2D eigenvalue weighted by Crippen LogP contribution is 2.29. The summed E-state index contributed by atoms with van der Waals surface area (Å²) in [5.74, 6) is 0.484. The summed E-state index contributed by atoms with van der Waals surface area (Å²) in [5.41, 5.74) is 1.32. The number of guanidine groups is 1. The summed E-state index contributed by atoms with van der Waals surface area (Å²) >= 11 is 0.962. The molecule has 3 rings (SSSR count). The number of hydrogen-bond acceptors (Lipinski definition) is 4. The molecular formula is C18H20F3IN6S. The second-order valence-corrected chi connectivity index (χ2v) is 6.82. The highest BCUT2D eigenvalue weighted by molar-refractivity contribution is 14.0. The van der Waals surface area contributed by atoms with Crippen LogP contribution in [-0.2, 0) is 25.8 Å². The molecule has 0 fully saturated rings. The van der Waals surface area contributed by atoms with Gasteiger partial charge in [-0.15, -0.1) is 35.3 Å². The van der Waals surface area contributed by atoms with E-state index in [2.05, 4.69) is 25.7 Å². The van der Waals surface area contributed by atoms with Gasteiger partial charge in [0, 0.05) is 31.4 Å². The molecule has 3 aromatic rings. The molecule has 156 valence electrons. The van der Waals surface area contributed by atoms with Crippen molar-refractivity contribution in [3.63, 3.8) is 0 Å². The number of aliphatic imine (C=N–C) groups is 1. The van der Waals surface area contributed by atoms with E-state index in [-0.39, 0.29) is 30.5 Å². The summed E-state index contributed by atoms with van der Waals surface area (Å²) in [5, 5.41) is 11.7. The first-order valence-electron chi connectivity index (χ1n) is 8.46. The Bertz CT molecular complexity index is 924. The van der Waals surface area contributed by atoms with Crippen LogP contribution < -0.4 is 10.6 Å². The van der Waals surface area contributed by atoms with Gasteiger partial charge in [0.25, 0.3) is 0 Å². The van der Waals surface area contributed by atoms with Crippen molar-refractivity contribution in [3.05, 3.63) is 69.9 Å². The van der Waals surface area contributed by atoms with Gasteiger partial charge in [-0.05, 0) is 17.2 Å². The van der Waals surface area contributed by atoms with E-state index in [4.69, 9.17) is 0 Å². The normalized spacial score (nSPS) is 11.8. The molecule has 2 N–H and O–H groups in total. The van der Waals surface area contributed by atoms with Crippen molar-refractivity contribution in [3.8, 4) is 0 Å². The zero-order valence-electron chi connectivity index (χ0n) is 15.5. The quantitative estimate of drug-likeness (QED) is 0.285. The third kappa shape index (κ3) is 6.70. The van der Waals surface area contributed by atoms with Crippen LogP contribution in [0.5, 0.6) is 0 Å². The minimum Gasteiger partial charge on any atom is -0.352 e. The molecule has 6 nitrogen and oxygen atoms in total. The molecule has 0 saturated heterocycles. The molecule has 0 atom stereocenters. The van der Waals surface area contributed by atoms with E-state index in [9.17, 15) is 13.2 Å². The first-order chi connectivity index (χ1) is 13.5. The number of nitrogens with one attached hydrogen (secondary N) is 2. The van der Waals surface area contributed by atoms with Crippen molar-refractivity contribution < 1.29 is 13.2 Å². The Labute approximate surface area is 187 Å². The molecule has 0 amide bonds. The van der Waals surface area contributed by atoms with Crippen LogP contribution in [0, 0.1) is 0 Å².